The van der Waals surface area contributed by atoms with Crippen LogP contribution in [0.3, 0.4) is 0 Å². The first kappa shape index (κ1) is 14.8. The molecule has 0 fully saturated rings. The van der Waals surface area contributed by atoms with Crippen LogP contribution in [0.2, 0.25) is 0 Å². The van der Waals surface area contributed by atoms with Gasteiger partial charge in [0.25, 0.3) is 0 Å². The lowest BCUT2D eigenvalue weighted by Gasteiger charge is -2.29. The Labute approximate surface area is 121 Å². The van der Waals surface area contributed by atoms with E-state index in [1.807, 2.05) is 31.2 Å². The first-order valence-electron chi connectivity index (χ1n) is 6.43. The molecule has 1 aliphatic rings. The third kappa shape index (κ3) is 3.29. The average Bonchev–Trinajstić information content (AvgIpc) is 2.40. The smallest absolute Gasteiger partial charge is 0.326 e. The van der Waals surface area contributed by atoms with Crippen molar-refractivity contribution in [3.63, 3.8) is 0 Å². The minimum absolute atomic E-state index is 0.199. The molecule has 1 aliphatic heterocycles. The number of ether oxygens (including phenoxy) is 1. The Kier molecular flexibility index (Phi) is 4.08. The van der Waals surface area contributed by atoms with E-state index >= 15 is 0 Å². The van der Waals surface area contributed by atoms with E-state index in [1.165, 1.54) is 6.20 Å². The van der Waals surface area contributed by atoms with Crippen LogP contribution in [0.5, 0.6) is 5.75 Å². The van der Waals surface area contributed by atoms with Gasteiger partial charge >= 0.3 is 5.70 Å². The minimum Gasteiger partial charge on any atom is -0.494 e. The Morgan fingerprint density at radius 2 is 2.19 bits per heavy atom. The molecule has 1 aromatic rings. The van der Waals surface area contributed by atoms with E-state index in [-0.39, 0.29) is 18.0 Å². The number of nitro groups is 1. The van der Waals surface area contributed by atoms with Gasteiger partial charge in [-0.25, -0.2) is 4.99 Å². The quantitative estimate of drug-likeness (QED) is 0.529. The monoisotopic (exact) mass is 291 g/mol. The number of nitrogens with zero attached hydrogens (tertiary/aromatic N) is 2. The molecule has 0 bridgehead atoms. The lowest BCUT2D eigenvalue weighted by atomic mass is 10.1. The second-order valence-electron chi connectivity index (χ2n) is 4.57. The third-order valence-corrected chi connectivity index (χ3v) is 2.97. The standard InChI is InChI=1S/C13H17N5O3/c1-2-21-11-6-4-3-5-9(11)7-13(15)16-8-10(18(19)20)12(14)17-13/h3-6,8,16H,2,7,15H2,1H3,(H2,14,17). The van der Waals surface area contributed by atoms with Crippen LogP contribution >= 0.6 is 0 Å². The SMILES string of the molecule is CCOc1ccccc1CC1(N)N=C(N)C([N+](=O)[O-])=CN1. The topological polar surface area (TPSA) is 129 Å². The first-order chi connectivity index (χ1) is 9.95. The van der Waals surface area contributed by atoms with Gasteiger partial charge in [-0.1, -0.05) is 18.2 Å². The van der Waals surface area contributed by atoms with Crippen molar-refractivity contribution in [2.45, 2.75) is 19.1 Å². The van der Waals surface area contributed by atoms with Gasteiger partial charge in [-0.3, -0.25) is 15.8 Å². The summed E-state index contributed by atoms with van der Waals surface area (Å²) in [7, 11) is 0. The predicted molar refractivity (Wildman–Crippen MR) is 78.1 cm³/mol. The van der Waals surface area contributed by atoms with Crippen LogP contribution in [0.25, 0.3) is 0 Å². The highest BCUT2D eigenvalue weighted by Gasteiger charge is 2.32. The van der Waals surface area contributed by atoms with Crippen LogP contribution < -0.4 is 21.5 Å². The molecule has 8 nitrogen and oxygen atoms in total. The summed E-state index contributed by atoms with van der Waals surface area (Å²) in [4.78, 5) is 14.1. The number of para-hydroxylation sites is 1. The number of amidine groups is 1. The van der Waals surface area contributed by atoms with Gasteiger partial charge in [0, 0.05) is 6.42 Å². The lowest BCUT2D eigenvalue weighted by Crippen LogP contribution is -2.55. The summed E-state index contributed by atoms with van der Waals surface area (Å²) >= 11 is 0. The highest BCUT2D eigenvalue weighted by atomic mass is 16.6. The van der Waals surface area contributed by atoms with Crippen LogP contribution in [0.15, 0.2) is 41.2 Å². The molecule has 8 heteroatoms. The molecule has 1 unspecified atom stereocenters. The summed E-state index contributed by atoms with van der Waals surface area (Å²) in [6.45, 7) is 2.41. The average molecular weight is 291 g/mol. The summed E-state index contributed by atoms with van der Waals surface area (Å²) in [6, 6.07) is 7.40. The number of rotatable bonds is 5. The minimum atomic E-state index is -1.24. The molecule has 0 spiro atoms. The zero-order valence-corrected chi connectivity index (χ0v) is 11.6. The van der Waals surface area contributed by atoms with Gasteiger partial charge in [0.1, 0.15) is 5.75 Å². The highest BCUT2D eigenvalue weighted by molar-refractivity contribution is 5.95. The van der Waals surface area contributed by atoms with Crippen molar-refractivity contribution in [1.29, 1.82) is 0 Å². The van der Waals surface area contributed by atoms with Crippen molar-refractivity contribution < 1.29 is 9.66 Å². The Morgan fingerprint density at radius 1 is 1.48 bits per heavy atom. The number of aliphatic imine (C=N–C) groups is 1. The summed E-state index contributed by atoms with van der Waals surface area (Å²) in [5.41, 5.74) is 12.2. The first-order valence-corrected chi connectivity index (χ1v) is 6.43. The summed E-state index contributed by atoms with van der Waals surface area (Å²) in [5, 5.41) is 13.5. The van der Waals surface area contributed by atoms with Crippen LogP contribution in [0.1, 0.15) is 12.5 Å². The Hall–Kier alpha value is -2.61. The second-order valence-corrected chi connectivity index (χ2v) is 4.57. The van der Waals surface area contributed by atoms with E-state index in [2.05, 4.69) is 10.3 Å². The zero-order valence-electron chi connectivity index (χ0n) is 11.6. The van der Waals surface area contributed by atoms with Crippen molar-refractivity contribution in [3.8, 4) is 5.75 Å². The van der Waals surface area contributed by atoms with Gasteiger partial charge in [0.2, 0.25) is 5.84 Å². The lowest BCUT2D eigenvalue weighted by molar-refractivity contribution is -0.416. The number of nitrogens with two attached hydrogens (primary N) is 2. The van der Waals surface area contributed by atoms with Gasteiger partial charge in [-0.2, -0.15) is 0 Å². The highest BCUT2D eigenvalue weighted by Crippen LogP contribution is 2.23. The molecule has 0 radical (unpaired) electrons. The molecule has 1 heterocycles. The van der Waals surface area contributed by atoms with Crippen molar-refractivity contribution in [2.75, 3.05) is 6.61 Å². The van der Waals surface area contributed by atoms with E-state index in [0.717, 1.165) is 5.56 Å². The van der Waals surface area contributed by atoms with Crippen LogP contribution in [0, 0.1) is 10.1 Å². The van der Waals surface area contributed by atoms with Gasteiger partial charge in [-0.05, 0) is 18.6 Å². The summed E-state index contributed by atoms with van der Waals surface area (Å²) < 4.78 is 5.52. The van der Waals surface area contributed by atoms with E-state index in [0.29, 0.717) is 12.4 Å². The van der Waals surface area contributed by atoms with E-state index < -0.39 is 10.7 Å². The van der Waals surface area contributed by atoms with Gasteiger partial charge < -0.3 is 15.8 Å². The van der Waals surface area contributed by atoms with Gasteiger partial charge in [-0.15, -0.1) is 0 Å². The van der Waals surface area contributed by atoms with Crippen molar-refractivity contribution >= 4 is 5.84 Å². The number of hydrogen-bond acceptors (Lipinski definition) is 7. The number of benzene rings is 1. The molecule has 1 aromatic carbocycles. The molecule has 21 heavy (non-hydrogen) atoms. The predicted octanol–water partition coefficient (Wildman–Crippen LogP) is 0.319. The van der Waals surface area contributed by atoms with Crippen LogP contribution in [-0.2, 0) is 6.42 Å². The van der Waals surface area contributed by atoms with E-state index in [1.54, 1.807) is 0 Å². The van der Waals surface area contributed by atoms with Crippen LogP contribution in [0.4, 0.5) is 0 Å². The van der Waals surface area contributed by atoms with Crippen molar-refractivity contribution in [3.05, 3.63) is 51.8 Å². The summed E-state index contributed by atoms with van der Waals surface area (Å²) in [5.74, 6) is -0.740. The number of hydrogen-bond donors (Lipinski definition) is 3. The third-order valence-electron chi connectivity index (χ3n) is 2.97. The molecule has 0 aromatic heterocycles. The molecule has 5 N–H and O–H groups in total. The molecule has 1 atom stereocenters. The largest absolute Gasteiger partial charge is 0.494 e. The molecule has 0 amide bonds. The molecular formula is C13H17N5O3. The number of nitrogens with one attached hydrogen (secondary N) is 1. The second kappa shape index (κ2) is 5.80. The van der Waals surface area contributed by atoms with E-state index in [9.17, 15) is 10.1 Å². The summed E-state index contributed by atoms with van der Waals surface area (Å²) in [6.07, 6.45) is 1.46. The Balaban J connectivity index is 2.23. The Morgan fingerprint density at radius 3 is 2.81 bits per heavy atom. The maximum Gasteiger partial charge on any atom is 0.326 e. The van der Waals surface area contributed by atoms with Crippen molar-refractivity contribution in [2.24, 2.45) is 16.5 Å². The molecular weight excluding hydrogens is 274 g/mol. The zero-order chi connectivity index (χ0) is 15.5. The maximum atomic E-state index is 10.7. The fourth-order valence-electron chi connectivity index (χ4n) is 2.05. The molecule has 2 rings (SSSR count). The van der Waals surface area contributed by atoms with Crippen molar-refractivity contribution in [1.82, 2.24) is 5.32 Å². The fourth-order valence-corrected chi connectivity index (χ4v) is 2.05. The molecule has 0 aliphatic carbocycles. The molecule has 0 saturated heterocycles. The van der Waals surface area contributed by atoms with E-state index in [4.69, 9.17) is 16.2 Å². The normalized spacial score (nSPS) is 21.0. The maximum absolute atomic E-state index is 10.7. The van der Waals surface area contributed by atoms with Gasteiger partial charge in [0.05, 0.1) is 17.7 Å². The molecule has 0 saturated carbocycles. The fraction of sp³-hybridized carbons (Fsp3) is 0.308. The molecule has 112 valence electrons. The van der Waals surface area contributed by atoms with Gasteiger partial charge in [0.15, 0.2) is 5.79 Å². The van der Waals surface area contributed by atoms with Crippen LogP contribution in [-0.4, -0.2) is 23.2 Å². The Bertz CT molecular complexity index is 614.